The van der Waals surface area contributed by atoms with Gasteiger partial charge in [-0.2, -0.15) is 0 Å². The van der Waals surface area contributed by atoms with E-state index in [1.165, 1.54) is 4.90 Å². The molecular formula is C21H27ClN3O2+. The molecule has 1 atom stereocenters. The van der Waals surface area contributed by atoms with Gasteiger partial charge in [-0.25, -0.2) is 0 Å². The summed E-state index contributed by atoms with van der Waals surface area (Å²) in [5.74, 6) is 0.875. The van der Waals surface area contributed by atoms with Gasteiger partial charge in [0.2, 0.25) is 0 Å². The van der Waals surface area contributed by atoms with Gasteiger partial charge in [0.15, 0.2) is 6.04 Å². The second-order valence-corrected chi connectivity index (χ2v) is 7.31. The molecule has 2 N–H and O–H groups in total. The molecule has 0 saturated carbocycles. The Labute approximate surface area is 165 Å². The zero-order valence-electron chi connectivity index (χ0n) is 15.9. The maximum Gasteiger partial charge on any atom is 0.278 e. The van der Waals surface area contributed by atoms with Gasteiger partial charge in [-0.15, -0.1) is 0 Å². The van der Waals surface area contributed by atoms with Crippen molar-refractivity contribution in [2.45, 2.75) is 19.5 Å². The predicted molar refractivity (Wildman–Crippen MR) is 109 cm³/mol. The molecule has 3 rings (SSSR count). The Bertz CT molecular complexity index is 776. The standard InChI is InChI=1S/C21H26ClN3O2/c1-16(21(26)23-15-17-6-3-4-9-20(17)27-2)24-10-12-25(13-11-24)19-8-5-7-18(22)14-19/h3-9,14,16H,10-13,15H2,1-2H3,(H,23,26)/p+1/t16-/m1/s1. The maximum atomic E-state index is 12.6. The van der Waals surface area contributed by atoms with Crippen LogP contribution in [0.1, 0.15) is 12.5 Å². The molecular weight excluding hydrogens is 362 g/mol. The Morgan fingerprint density at radius 2 is 1.96 bits per heavy atom. The maximum absolute atomic E-state index is 12.6. The molecule has 144 valence electrons. The summed E-state index contributed by atoms with van der Waals surface area (Å²) in [7, 11) is 1.65. The number of halogens is 1. The van der Waals surface area contributed by atoms with Crippen molar-refractivity contribution in [3.05, 3.63) is 59.1 Å². The number of hydrogen-bond acceptors (Lipinski definition) is 3. The number of nitrogens with zero attached hydrogens (tertiary/aromatic N) is 1. The number of benzene rings is 2. The first kappa shape index (κ1) is 19.5. The Kier molecular flexibility index (Phi) is 6.58. The SMILES string of the molecule is COc1ccccc1CNC(=O)[C@@H](C)[NH+]1CCN(c2cccc(Cl)c2)CC1. The van der Waals surface area contributed by atoms with Crippen molar-refractivity contribution in [1.29, 1.82) is 0 Å². The number of rotatable bonds is 6. The number of quaternary nitrogens is 1. The van der Waals surface area contributed by atoms with Crippen LogP contribution in [0.4, 0.5) is 5.69 Å². The summed E-state index contributed by atoms with van der Waals surface area (Å²) < 4.78 is 5.35. The third-order valence-corrected chi connectivity index (χ3v) is 5.47. The minimum atomic E-state index is -0.0822. The average Bonchev–Trinajstić information content (AvgIpc) is 2.71. The van der Waals surface area contributed by atoms with Crippen molar-refractivity contribution in [2.24, 2.45) is 0 Å². The van der Waals surface area contributed by atoms with Gasteiger partial charge < -0.3 is 19.9 Å². The highest BCUT2D eigenvalue weighted by molar-refractivity contribution is 6.30. The van der Waals surface area contributed by atoms with Gasteiger partial charge in [-0.1, -0.05) is 35.9 Å². The highest BCUT2D eigenvalue weighted by Crippen LogP contribution is 2.19. The summed E-state index contributed by atoms with van der Waals surface area (Å²) in [5, 5.41) is 3.81. The van der Waals surface area contributed by atoms with E-state index in [0.29, 0.717) is 6.54 Å². The zero-order valence-corrected chi connectivity index (χ0v) is 16.6. The van der Waals surface area contributed by atoms with Gasteiger partial charge in [0.05, 0.1) is 33.3 Å². The van der Waals surface area contributed by atoms with Crippen molar-refractivity contribution in [3.63, 3.8) is 0 Å². The molecule has 0 bridgehead atoms. The van der Waals surface area contributed by atoms with E-state index in [-0.39, 0.29) is 11.9 Å². The topological polar surface area (TPSA) is 46.0 Å². The molecule has 0 unspecified atom stereocenters. The van der Waals surface area contributed by atoms with Crippen LogP contribution in [0.25, 0.3) is 0 Å². The fourth-order valence-corrected chi connectivity index (χ4v) is 3.71. The van der Waals surface area contributed by atoms with E-state index in [1.54, 1.807) is 7.11 Å². The molecule has 1 amide bonds. The van der Waals surface area contributed by atoms with Gasteiger partial charge in [0, 0.05) is 22.8 Å². The lowest BCUT2D eigenvalue weighted by molar-refractivity contribution is -0.914. The molecule has 2 aromatic carbocycles. The number of carbonyl (C=O) groups is 1. The number of carbonyl (C=O) groups excluding carboxylic acids is 1. The molecule has 1 saturated heterocycles. The number of methoxy groups -OCH3 is 1. The Morgan fingerprint density at radius 3 is 2.67 bits per heavy atom. The lowest BCUT2D eigenvalue weighted by atomic mass is 10.1. The molecule has 1 aliphatic rings. The number of para-hydroxylation sites is 1. The molecule has 0 spiro atoms. The fraction of sp³-hybridized carbons (Fsp3) is 0.381. The first-order valence-corrected chi connectivity index (χ1v) is 9.71. The Hall–Kier alpha value is -2.24. The summed E-state index contributed by atoms with van der Waals surface area (Å²) in [6.45, 7) is 6.17. The van der Waals surface area contributed by atoms with Crippen LogP contribution in [0.15, 0.2) is 48.5 Å². The summed E-state index contributed by atoms with van der Waals surface area (Å²) in [4.78, 5) is 16.2. The second-order valence-electron chi connectivity index (χ2n) is 6.88. The van der Waals surface area contributed by atoms with E-state index < -0.39 is 0 Å². The van der Waals surface area contributed by atoms with E-state index in [4.69, 9.17) is 16.3 Å². The number of piperazine rings is 1. The molecule has 2 aromatic rings. The van der Waals surface area contributed by atoms with Crippen LogP contribution in [0, 0.1) is 0 Å². The van der Waals surface area contributed by atoms with Crippen molar-refractivity contribution in [3.8, 4) is 5.75 Å². The Balaban J connectivity index is 1.51. The zero-order chi connectivity index (χ0) is 19.2. The molecule has 5 nitrogen and oxygen atoms in total. The first-order chi connectivity index (χ1) is 13.1. The third-order valence-electron chi connectivity index (χ3n) is 5.23. The molecule has 1 aliphatic heterocycles. The van der Waals surface area contributed by atoms with E-state index in [9.17, 15) is 4.79 Å². The van der Waals surface area contributed by atoms with Gasteiger partial charge in [-0.3, -0.25) is 4.79 Å². The van der Waals surface area contributed by atoms with Gasteiger partial charge >= 0.3 is 0 Å². The fourth-order valence-electron chi connectivity index (χ4n) is 3.53. The summed E-state index contributed by atoms with van der Waals surface area (Å²) in [6.07, 6.45) is 0. The van der Waals surface area contributed by atoms with Crippen molar-refractivity contribution in [1.82, 2.24) is 5.32 Å². The van der Waals surface area contributed by atoms with Crippen molar-refractivity contribution >= 4 is 23.2 Å². The minimum Gasteiger partial charge on any atom is -0.496 e. The molecule has 1 heterocycles. The van der Waals surface area contributed by atoms with E-state index in [1.807, 2.05) is 49.4 Å². The van der Waals surface area contributed by atoms with Crippen molar-refractivity contribution in [2.75, 3.05) is 38.2 Å². The van der Waals surface area contributed by atoms with Crippen LogP contribution >= 0.6 is 11.6 Å². The van der Waals surface area contributed by atoms with Crippen LogP contribution in [0.5, 0.6) is 5.75 Å². The van der Waals surface area contributed by atoms with Crippen molar-refractivity contribution < 1.29 is 14.4 Å². The number of ether oxygens (including phenoxy) is 1. The average molecular weight is 389 g/mol. The van der Waals surface area contributed by atoms with E-state index >= 15 is 0 Å². The van der Waals surface area contributed by atoms with Crippen LogP contribution in [-0.2, 0) is 11.3 Å². The molecule has 6 heteroatoms. The first-order valence-electron chi connectivity index (χ1n) is 9.33. The molecule has 0 radical (unpaired) electrons. The summed E-state index contributed by atoms with van der Waals surface area (Å²) >= 11 is 6.10. The predicted octanol–water partition coefficient (Wildman–Crippen LogP) is 1.76. The quantitative estimate of drug-likeness (QED) is 0.792. The van der Waals surface area contributed by atoms with Gasteiger partial charge in [-0.05, 0) is 31.2 Å². The Morgan fingerprint density at radius 1 is 1.22 bits per heavy atom. The van der Waals surface area contributed by atoms with Gasteiger partial charge in [0.1, 0.15) is 5.75 Å². The minimum absolute atomic E-state index is 0.0760. The van der Waals surface area contributed by atoms with Crippen LogP contribution in [-0.4, -0.2) is 45.2 Å². The molecule has 0 aromatic heterocycles. The largest absolute Gasteiger partial charge is 0.496 e. The lowest BCUT2D eigenvalue weighted by Crippen LogP contribution is -3.19. The highest BCUT2D eigenvalue weighted by Gasteiger charge is 2.29. The van der Waals surface area contributed by atoms with Crippen LogP contribution < -0.4 is 19.9 Å². The second kappa shape index (κ2) is 9.11. The van der Waals surface area contributed by atoms with Gasteiger partial charge in [0.25, 0.3) is 5.91 Å². The summed E-state index contributed by atoms with van der Waals surface area (Å²) in [6, 6.07) is 15.6. The normalized spacial score (nSPS) is 16.0. The molecule has 1 fully saturated rings. The monoisotopic (exact) mass is 388 g/mol. The smallest absolute Gasteiger partial charge is 0.278 e. The van der Waals surface area contributed by atoms with E-state index in [0.717, 1.165) is 48.2 Å². The third kappa shape index (κ3) is 4.93. The molecule has 0 aliphatic carbocycles. The number of nitrogens with one attached hydrogen (secondary N) is 2. The summed E-state index contributed by atoms with van der Waals surface area (Å²) in [5.41, 5.74) is 2.14. The lowest BCUT2D eigenvalue weighted by Gasteiger charge is -2.36. The van der Waals surface area contributed by atoms with E-state index in [2.05, 4.69) is 16.3 Å². The number of anilines is 1. The molecule has 27 heavy (non-hydrogen) atoms. The van der Waals surface area contributed by atoms with Crippen LogP contribution in [0.2, 0.25) is 5.02 Å². The number of amides is 1. The highest BCUT2D eigenvalue weighted by atomic mass is 35.5. The van der Waals surface area contributed by atoms with Crippen LogP contribution in [0.3, 0.4) is 0 Å². The number of hydrogen-bond donors (Lipinski definition) is 2.